The van der Waals surface area contributed by atoms with Crippen molar-refractivity contribution < 1.29 is 5.11 Å². The molecule has 1 rings (SSSR count). The molecule has 0 amide bonds. The molecule has 0 radical (unpaired) electrons. The molecule has 0 saturated carbocycles. The normalized spacial score (nSPS) is 12.5. The lowest BCUT2D eigenvalue weighted by atomic mass is 10.2. The van der Waals surface area contributed by atoms with Crippen molar-refractivity contribution in [2.45, 2.75) is 20.0 Å². The molecular weight excluding hydrogens is 166 g/mol. The van der Waals surface area contributed by atoms with E-state index in [1.165, 1.54) is 0 Å². The summed E-state index contributed by atoms with van der Waals surface area (Å²) in [5.41, 5.74) is 7.39. The van der Waals surface area contributed by atoms with Crippen LogP contribution < -0.4 is 11.1 Å². The van der Waals surface area contributed by atoms with E-state index in [9.17, 15) is 0 Å². The fraction of sp³-hybridized carbons (Fsp3) is 0.444. The number of rotatable bonds is 3. The monoisotopic (exact) mass is 181 g/mol. The highest BCUT2D eigenvalue weighted by Crippen LogP contribution is 2.18. The number of aliphatic hydroxyl groups excluding tert-OH is 1. The number of hydrogen-bond acceptors (Lipinski definition) is 4. The fourth-order valence-corrected chi connectivity index (χ4v) is 0.955. The molecule has 13 heavy (non-hydrogen) atoms. The summed E-state index contributed by atoms with van der Waals surface area (Å²) in [6, 6.07) is 1.85. The Bertz CT molecular complexity index is 286. The molecular formula is C9H15N3O. The van der Waals surface area contributed by atoms with Gasteiger partial charge in [-0.05, 0) is 25.5 Å². The van der Waals surface area contributed by atoms with E-state index in [-0.39, 0.29) is 0 Å². The van der Waals surface area contributed by atoms with E-state index >= 15 is 0 Å². The third-order valence-electron chi connectivity index (χ3n) is 1.77. The van der Waals surface area contributed by atoms with E-state index in [4.69, 9.17) is 10.8 Å². The molecule has 0 aliphatic rings. The summed E-state index contributed by atoms with van der Waals surface area (Å²) in [6.45, 7) is 4.09. The third kappa shape index (κ3) is 2.59. The molecule has 4 heteroatoms. The zero-order chi connectivity index (χ0) is 9.84. The molecule has 4 nitrogen and oxygen atoms in total. The van der Waals surface area contributed by atoms with E-state index < -0.39 is 6.10 Å². The second kappa shape index (κ2) is 4.09. The number of nitrogens with two attached hydrogens (primary N) is 1. The van der Waals surface area contributed by atoms with E-state index in [1.54, 1.807) is 13.1 Å². The minimum absolute atomic E-state index is 0.401. The summed E-state index contributed by atoms with van der Waals surface area (Å²) >= 11 is 0. The number of nitrogens with one attached hydrogen (secondary N) is 1. The molecule has 0 aliphatic heterocycles. The molecule has 1 atom stereocenters. The summed E-state index contributed by atoms with van der Waals surface area (Å²) in [6.07, 6.45) is 1.29. The van der Waals surface area contributed by atoms with Crippen molar-refractivity contribution >= 4 is 11.5 Å². The van der Waals surface area contributed by atoms with E-state index in [2.05, 4.69) is 10.3 Å². The second-order valence-electron chi connectivity index (χ2n) is 3.12. The van der Waals surface area contributed by atoms with Crippen LogP contribution in [0.3, 0.4) is 0 Å². The first-order valence-electron chi connectivity index (χ1n) is 4.24. The highest BCUT2D eigenvalue weighted by atomic mass is 16.3. The van der Waals surface area contributed by atoms with Crippen LogP contribution in [0.4, 0.5) is 11.5 Å². The Hall–Kier alpha value is -1.29. The number of aryl methyl sites for hydroxylation is 1. The lowest BCUT2D eigenvalue weighted by Crippen LogP contribution is -2.17. The Morgan fingerprint density at radius 3 is 3.00 bits per heavy atom. The molecule has 0 bridgehead atoms. The summed E-state index contributed by atoms with van der Waals surface area (Å²) in [4.78, 5) is 4.06. The van der Waals surface area contributed by atoms with Crippen molar-refractivity contribution in [3.8, 4) is 0 Å². The average Bonchev–Trinajstić information content (AvgIpc) is 2.07. The minimum Gasteiger partial charge on any atom is -0.396 e. The standard InChI is InChI=1S/C9H15N3O/c1-6-3-4-11-9(8(6)10)12-5-7(2)13/h3-4,7,13H,5,10H2,1-2H3,(H,11,12). The van der Waals surface area contributed by atoms with Crippen molar-refractivity contribution in [2.24, 2.45) is 0 Å². The van der Waals surface area contributed by atoms with Gasteiger partial charge in [-0.15, -0.1) is 0 Å². The van der Waals surface area contributed by atoms with Crippen LogP contribution in [0, 0.1) is 6.92 Å². The fourth-order valence-electron chi connectivity index (χ4n) is 0.955. The Kier molecular flexibility index (Phi) is 3.08. The first-order chi connectivity index (χ1) is 6.11. The summed E-state index contributed by atoms with van der Waals surface area (Å²) in [7, 11) is 0. The minimum atomic E-state index is -0.401. The first kappa shape index (κ1) is 9.80. The van der Waals surface area contributed by atoms with Gasteiger partial charge in [0, 0.05) is 12.7 Å². The topological polar surface area (TPSA) is 71.2 Å². The molecule has 4 N–H and O–H groups in total. The number of aliphatic hydroxyl groups is 1. The summed E-state index contributed by atoms with van der Waals surface area (Å²) in [5.74, 6) is 0.640. The molecule has 0 aromatic carbocycles. The van der Waals surface area contributed by atoms with Crippen LogP contribution in [0.15, 0.2) is 12.3 Å². The Morgan fingerprint density at radius 1 is 1.69 bits per heavy atom. The highest BCUT2D eigenvalue weighted by molar-refractivity contribution is 5.64. The van der Waals surface area contributed by atoms with Crippen molar-refractivity contribution in [3.63, 3.8) is 0 Å². The van der Waals surface area contributed by atoms with Crippen LogP contribution in [0.1, 0.15) is 12.5 Å². The lowest BCUT2D eigenvalue weighted by molar-refractivity contribution is 0.208. The maximum atomic E-state index is 9.04. The molecule has 1 unspecified atom stereocenters. The van der Waals surface area contributed by atoms with Crippen molar-refractivity contribution in [3.05, 3.63) is 17.8 Å². The van der Waals surface area contributed by atoms with Crippen molar-refractivity contribution in [1.29, 1.82) is 0 Å². The zero-order valence-electron chi connectivity index (χ0n) is 7.91. The van der Waals surface area contributed by atoms with Gasteiger partial charge in [-0.25, -0.2) is 4.98 Å². The van der Waals surface area contributed by atoms with Gasteiger partial charge in [0.2, 0.25) is 0 Å². The van der Waals surface area contributed by atoms with Gasteiger partial charge in [0.15, 0.2) is 0 Å². The van der Waals surface area contributed by atoms with E-state index in [1.807, 2.05) is 13.0 Å². The predicted molar refractivity (Wildman–Crippen MR) is 53.6 cm³/mol. The largest absolute Gasteiger partial charge is 0.396 e. The molecule has 1 heterocycles. The predicted octanol–water partition coefficient (Wildman–Crippen LogP) is 0.765. The second-order valence-corrected chi connectivity index (χ2v) is 3.12. The first-order valence-corrected chi connectivity index (χ1v) is 4.24. The van der Waals surface area contributed by atoms with Crippen LogP contribution in [-0.4, -0.2) is 22.7 Å². The van der Waals surface area contributed by atoms with Gasteiger partial charge < -0.3 is 16.2 Å². The van der Waals surface area contributed by atoms with E-state index in [0.29, 0.717) is 18.1 Å². The quantitative estimate of drug-likeness (QED) is 0.644. The molecule has 1 aromatic heterocycles. The van der Waals surface area contributed by atoms with Crippen LogP contribution in [0.25, 0.3) is 0 Å². The van der Waals surface area contributed by atoms with Gasteiger partial charge in [0.05, 0.1) is 11.8 Å². The molecule has 0 spiro atoms. The molecule has 0 fully saturated rings. The van der Waals surface area contributed by atoms with Crippen LogP contribution in [0.5, 0.6) is 0 Å². The Labute approximate surface area is 77.8 Å². The number of nitrogens with zero attached hydrogens (tertiary/aromatic N) is 1. The number of anilines is 2. The zero-order valence-corrected chi connectivity index (χ0v) is 7.91. The highest BCUT2D eigenvalue weighted by Gasteiger charge is 2.03. The number of hydrogen-bond donors (Lipinski definition) is 3. The summed E-state index contributed by atoms with van der Waals surface area (Å²) in [5, 5.41) is 12.0. The number of aromatic nitrogens is 1. The number of nitrogen functional groups attached to an aromatic ring is 1. The van der Waals surface area contributed by atoms with Gasteiger partial charge in [-0.3, -0.25) is 0 Å². The van der Waals surface area contributed by atoms with Gasteiger partial charge in [0.25, 0.3) is 0 Å². The van der Waals surface area contributed by atoms with Crippen LogP contribution in [0.2, 0.25) is 0 Å². The molecule has 0 aliphatic carbocycles. The maximum absolute atomic E-state index is 9.04. The summed E-state index contributed by atoms with van der Waals surface area (Å²) < 4.78 is 0. The lowest BCUT2D eigenvalue weighted by Gasteiger charge is -2.10. The van der Waals surface area contributed by atoms with Gasteiger partial charge in [0.1, 0.15) is 5.82 Å². The van der Waals surface area contributed by atoms with Crippen LogP contribution >= 0.6 is 0 Å². The Morgan fingerprint density at radius 2 is 2.38 bits per heavy atom. The van der Waals surface area contributed by atoms with Crippen molar-refractivity contribution in [1.82, 2.24) is 4.98 Å². The van der Waals surface area contributed by atoms with Gasteiger partial charge >= 0.3 is 0 Å². The average molecular weight is 181 g/mol. The molecule has 1 aromatic rings. The van der Waals surface area contributed by atoms with Gasteiger partial charge in [-0.1, -0.05) is 0 Å². The Balaban J connectivity index is 2.71. The van der Waals surface area contributed by atoms with Crippen molar-refractivity contribution in [2.75, 3.05) is 17.6 Å². The molecule has 72 valence electrons. The van der Waals surface area contributed by atoms with E-state index in [0.717, 1.165) is 5.56 Å². The molecule has 0 saturated heterocycles. The SMILES string of the molecule is Cc1ccnc(NCC(C)O)c1N. The van der Waals surface area contributed by atoms with Crippen LogP contribution in [-0.2, 0) is 0 Å². The third-order valence-corrected chi connectivity index (χ3v) is 1.77. The maximum Gasteiger partial charge on any atom is 0.149 e. The van der Waals surface area contributed by atoms with Gasteiger partial charge in [-0.2, -0.15) is 0 Å². The smallest absolute Gasteiger partial charge is 0.149 e. The number of pyridine rings is 1.